The number of hydrogen-bond acceptors (Lipinski definition) is 1. The van der Waals surface area contributed by atoms with Gasteiger partial charge in [0.2, 0.25) is 0 Å². The van der Waals surface area contributed by atoms with Crippen LogP contribution in [0.4, 0.5) is 0 Å². The van der Waals surface area contributed by atoms with Crippen molar-refractivity contribution in [1.29, 1.82) is 0 Å². The van der Waals surface area contributed by atoms with Gasteiger partial charge in [-0.05, 0) is 54.4 Å². The molecule has 0 aromatic heterocycles. The minimum atomic E-state index is -0.254. The van der Waals surface area contributed by atoms with Crippen LogP contribution >= 0.6 is 18.9 Å². The maximum absolute atomic E-state index is 8.07. The molecular formula is C50H54Ar3ClNOPRu-4. The van der Waals surface area contributed by atoms with Crippen molar-refractivity contribution in [2.75, 3.05) is 7.11 Å². The van der Waals surface area contributed by atoms with Gasteiger partial charge in [0.1, 0.15) is 5.75 Å². The van der Waals surface area contributed by atoms with Crippen LogP contribution in [0.3, 0.4) is 0 Å². The fraction of sp³-hybridized carbons (Fsp3) is 0.200. The number of nitrogens with one attached hydrogen (secondary N) is 1. The molecule has 1 N–H and O–H groups in total. The second-order valence-electron chi connectivity index (χ2n) is 14.0. The summed E-state index contributed by atoms with van der Waals surface area (Å²) >= 11 is 1.82. The second kappa shape index (κ2) is 30.8. The molecule has 0 bridgehead atoms. The first kappa shape index (κ1) is 57.8. The number of halogens is 1. The van der Waals surface area contributed by atoms with Crippen molar-refractivity contribution in [3.8, 4) is 16.9 Å². The third-order valence-corrected chi connectivity index (χ3v) is 9.70. The summed E-state index contributed by atoms with van der Waals surface area (Å²) in [5.74, 6) is 1.38. The molecule has 0 amide bonds. The fourth-order valence-corrected chi connectivity index (χ4v) is 6.70. The molecule has 0 saturated heterocycles. The van der Waals surface area contributed by atoms with E-state index in [1.165, 1.54) is 60.2 Å². The van der Waals surface area contributed by atoms with Gasteiger partial charge in [-0.2, -0.15) is 60.4 Å². The van der Waals surface area contributed by atoms with Gasteiger partial charge in [0.05, 0.1) is 7.11 Å². The van der Waals surface area contributed by atoms with E-state index < -0.39 is 0 Å². The van der Waals surface area contributed by atoms with Gasteiger partial charge >= 0.3 is 27.0 Å². The van der Waals surface area contributed by atoms with E-state index in [0.717, 1.165) is 16.9 Å². The van der Waals surface area contributed by atoms with E-state index in [4.69, 9.17) is 10.5 Å². The van der Waals surface area contributed by atoms with Crippen LogP contribution in [-0.4, -0.2) is 7.11 Å². The predicted octanol–water partition coefficient (Wildman–Crippen LogP) is 14.3. The zero-order valence-corrected chi connectivity index (χ0v) is 40.0. The van der Waals surface area contributed by atoms with Crippen molar-refractivity contribution in [2.24, 2.45) is 11.8 Å². The molecule has 2 nitrogen and oxygen atoms in total. The molecule has 3 unspecified atom stereocenters. The summed E-state index contributed by atoms with van der Waals surface area (Å²) < 4.78 is 5.08. The number of aryl methyl sites for hydroxylation is 4. The predicted molar refractivity (Wildman–Crippen MR) is 241 cm³/mol. The summed E-state index contributed by atoms with van der Waals surface area (Å²) in [6, 6.07) is 50.5. The first-order chi connectivity index (χ1) is 26.4. The molecule has 0 fully saturated rings. The summed E-state index contributed by atoms with van der Waals surface area (Å²) in [5.41, 5.74) is 18.0. The molecule has 0 aliphatic rings. The number of benzene rings is 7. The Balaban J connectivity index is 0.000000788. The Kier molecular flexibility index (Phi) is 30.7. The Morgan fingerprint density at radius 3 is 1.57 bits per heavy atom. The molecule has 8 heteroatoms. The van der Waals surface area contributed by atoms with Crippen LogP contribution in [0.1, 0.15) is 53.3 Å². The Hall–Kier alpha value is -0.187. The summed E-state index contributed by atoms with van der Waals surface area (Å²) in [6.07, 6.45) is 0. The van der Waals surface area contributed by atoms with E-state index in [-0.39, 0.29) is 125 Å². The quantitative estimate of drug-likeness (QED) is 0.0961. The van der Waals surface area contributed by atoms with Gasteiger partial charge in [-0.15, -0.1) is 26.9 Å². The number of fused-ring (bicyclic) bond motifs is 2. The van der Waals surface area contributed by atoms with E-state index in [0.29, 0.717) is 5.92 Å². The Morgan fingerprint density at radius 2 is 1.14 bits per heavy atom. The summed E-state index contributed by atoms with van der Waals surface area (Å²) in [4.78, 5) is 0. The average Bonchev–Trinajstić information content (AvgIpc) is 3.19. The normalized spacial score (nSPS) is 10.8. The molecule has 7 aromatic carbocycles. The molecule has 0 saturated carbocycles. The molecule has 0 spiro atoms. The monoisotopic (exact) mass is 972 g/mol. The standard InChI is InChI=1S/C21H16P.C13H19NO.C9H12.C7H7.3Ar.ClH.Ru/c1-14-10-11-15-6-2-4-8-17(15)20(14)21-18-9-5-3-7-16(18)12-13-19(21)22;1-9(2)10(3)13(14)11-5-7-12(15-4)8-6-11;1-7-4-8(2)6-9(3)5-7;1-7-5-3-2-4-6-7;;;;;/h2-13H,1,22H2;5-10,13-14H,3H2,1-2,4H3;4-6H,1-3H3;2-3,5-6H,1H3;;;;1H;/q-1;-2;;-1;;;;;+1/p-1. The van der Waals surface area contributed by atoms with Gasteiger partial charge in [-0.3, -0.25) is 0 Å². The number of methoxy groups -OCH3 is 1. The van der Waals surface area contributed by atoms with E-state index in [1.807, 2.05) is 59.8 Å². The van der Waals surface area contributed by atoms with Crippen LogP contribution in [0.2, 0.25) is 0 Å². The van der Waals surface area contributed by atoms with E-state index in [9.17, 15) is 0 Å². The van der Waals surface area contributed by atoms with Crippen molar-refractivity contribution in [1.82, 2.24) is 0 Å². The minimum absolute atomic E-state index is 0. The van der Waals surface area contributed by atoms with Crippen molar-refractivity contribution >= 4 is 45.8 Å². The summed E-state index contributed by atoms with van der Waals surface area (Å²) in [7, 11) is 9.09. The number of hydrogen-bond donors (Lipinski definition) is 0. The molecular weight excluding hydrogens is 918 g/mol. The van der Waals surface area contributed by atoms with Crippen LogP contribution in [0.5, 0.6) is 5.75 Å². The summed E-state index contributed by atoms with van der Waals surface area (Å²) in [5, 5.41) is 6.25. The van der Waals surface area contributed by atoms with Crippen LogP contribution in [-0.2, 0) is 17.3 Å². The van der Waals surface area contributed by atoms with E-state index in [2.05, 4.69) is 177 Å². The molecule has 3 atom stereocenters. The van der Waals surface area contributed by atoms with Crippen LogP contribution < -0.4 is 10.0 Å². The van der Waals surface area contributed by atoms with Crippen LogP contribution in [0.15, 0.2) is 140 Å². The van der Waals surface area contributed by atoms with E-state index in [1.54, 1.807) is 7.11 Å². The molecule has 313 valence electrons. The van der Waals surface area contributed by atoms with Gasteiger partial charge in [0, 0.05) is 113 Å². The van der Waals surface area contributed by atoms with Gasteiger partial charge in [-0.25, -0.2) is 0 Å². The van der Waals surface area contributed by atoms with Gasteiger partial charge in [0.25, 0.3) is 0 Å². The van der Waals surface area contributed by atoms with Gasteiger partial charge < -0.3 is 17.4 Å². The van der Waals surface area contributed by atoms with Crippen molar-refractivity contribution in [3.05, 3.63) is 199 Å². The second-order valence-corrected chi connectivity index (χ2v) is 14.6. The average molecular weight is 972 g/mol. The molecule has 7 aromatic rings. The Morgan fingerprint density at radius 1 is 0.655 bits per heavy atom. The molecule has 58 heavy (non-hydrogen) atoms. The summed E-state index contributed by atoms with van der Waals surface area (Å²) in [6.45, 7) is 21.0. The number of ether oxygens (including phenoxy) is 1. The first-order valence-electron chi connectivity index (χ1n) is 18.3. The van der Waals surface area contributed by atoms with Crippen molar-refractivity contribution in [3.63, 3.8) is 0 Å². The molecule has 0 aliphatic carbocycles. The maximum atomic E-state index is 8.07. The zero-order chi connectivity index (χ0) is 40.5. The van der Waals surface area contributed by atoms with Crippen molar-refractivity contribution in [2.45, 2.75) is 47.6 Å². The van der Waals surface area contributed by atoms with Gasteiger partial charge in [0.15, 0.2) is 0 Å². The zero-order valence-electron chi connectivity index (χ0n) is 34.2. The molecule has 7 rings (SSSR count). The number of rotatable bonds is 5. The Bertz CT molecular complexity index is 2080. The van der Waals surface area contributed by atoms with Crippen LogP contribution in [0.25, 0.3) is 38.4 Å². The third kappa shape index (κ3) is 18.3. The molecule has 0 heterocycles. The topological polar surface area (TPSA) is 33.0 Å². The van der Waals surface area contributed by atoms with Crippen LogP contribution in [0, 0.1) is 173 Å². The fourth-order valence-electron chi connectivity index (χ4n) is 6.31. The van der Waals surface area contributed by atoms with Gasteiger partial charge in [-0.1, -0.05) is 151 Å². The first-order valence-corrected chi connectivity index (χ1v) is 21.1. The SMILES string of the molecule is Cc1c[c-]ccc1.Cc1cc(C)cc(C)c1.[Ar].[Ar].[Ar].[CH2-]C(C(C)C)C([NH-])c1ccc(OC)cc1.[CH2-]c1ccc2ccccc2c1-c1c(P)ccc2ccccc12.[Cl][Ru]. The Labute approximate surface area is 456 Å². The molecule has 0 aliphatic heterocycles. The van der Waals surface area contributed by atoms with E-state index >= 15 is 0 Å². The van der Waals surface area contributed by atoms with Crippen molar-refractivity contribution < 1.29 is 135 Å². The molecule has 0 radical (unpaired) electrons. The third-order valence-electron chi connectivity index (χ3n) is 9.21.